The third kappa shape index (κ3) is 5.59. The van der Waals surface area contributed by atoms with Gasteiger partial charge in [0.05, 0.1) is 0 Å². The molecule has 0 radical (unpaired) electrons. The van der Waals surface area contributed by atoms with Crippen LogP contribution in [0.5, 0.6) is 0 Å². The molecule has 108 valence electrons. The lowest BCUT2D eigenvalue weighted by Crippen LogP contribution is -2.31. The van der Waals surface area contributed by atoms with Gasteiger partial charge in [0.15, 0.2) is 0 Å². The van der Waals surface area contributed by atoms with Crippen LogP contribution in [-0.4, -0.2) is 0 Å². The quantitative estimate of drug-likeness (QED) is 0.391. The predicted molar refractivity (Wildman–Crippen MR) is 84.8 cm³/mol. The molecule has 0 fully saturated rings. The van der Waals surface area contributed by atoms with E-state index in [1.54, 1.807) is 0 Å². The molecule has 0 rings (SSSR count). The van der Waals surface area contributed by atoms with Crippen LogP contribution in [0.3, 0.4) is 0 Å². The van der Waals surface area contributed by atoms with Gasteiger partial charge in [-0.3, -0.25) is 0 Å². The van der Waals surface area contributed by atoms with E-state index in [4.69, 9.17) is 0 Å². The SMILES string of the molecule is C=CCC(C)(CC)C(CCC)C(C)CCC(C)C. The lowest BCUT2D eigenvalue weighted by atomic mass is 9.65. The van der Waals surface area contributed by atoms with Crippen molar-refractivity contribution in [2.45, 2.75) is 80.1 Å². The van der Waals surface area contributed by atoms with Crippen molar-refractivity contribution in [3.05, 3.63) is 12.7 Å². The lowest BCUT2D eigenvalue weighted by molar-refractivity contribution is 0.104. The molecule has 0 heteroatoms. The summed E-state index contributed by atoms with van der Waals surface area (Å²) < 4.78 is 0. The van der Waals surface area contributed by atoms with Gasteiger partial charge in [0.25, 0.3) is 0 Å². The van der Waals surface area contributed by atoms with Crippen molar-refractivity contribution in [2.24, 2.45) is 23.2 Å². The number of allylic oxidation sites excluding steroid dienone is 1. The van der Waals surface area contributed by atoms with Gasteiger partial charge in [-0.25, -0.2) is 0 Å². The predicted octanol–water partition coefficient (Wildman–Crippen LogP) is 6.47. The Morgan fingerprint density at radius 1 is 1.06 bits per heavy atom. The summed E-state index contributed by atoms with van der Waals surface area (Å²) in [5.74, 6) is 2.53. The van der Waals surface area contributed by atoms with E-state index < -0.39 is 0 Å². The zero-order valence-corrected chi connectivity index (χ0v) is 13.8. The summed E-state index contributed by atoms with van der Waals surface area (Å²) in [6.07, 6.45) is 10.0. The smallest absolute Gasteiger partial charge is 0.0263 e. The van der Waals surface area contributed by atoms with Gasteiger partial charge < -0.3 is 0 Å². The van der Waals surface area contributed by atoms with E-state index in [1.165, 1.54) is 38.5 Å². The zero-order chi connectivity index (χ0) is 14.2. The molecule has 0 aromatic carbocycles. The Hall–Kier alpha value is -0.260. The van der Waals surface area contributed by atoms with Gasteiger partial charge in [0.1, 0.15) is 0 Å². The van der Waals surface area contributed by atoms with Crippen molar-refractivity contribution in [3.63, 3.8) is 0 Å². The Balaban J connectivity index is 4.73. The van der Waals surface area contributed by atoms with Crippen LogP contribution in [0, 0.1) is 23.2 Å². The number of rotatable bonds is 10. The van der Waals surface area contributed by atoms with Crippen LogP contribution in [0.25, 0.3) is 0 Å². The van der Waals surface area contributed by atoms with Crippen LogP contribution in [0.4, 0.5) is 0 Å². The van der Waals surface area contributed by atoms with Crippen molar-refractivity contribution in [1.82, 2.24) is 0 Å². The van der Waals surface area contributed by atoms with E-state index in [9.17, 15) is 0 Å². The Morgan fingerprint density at radius 3 is 2.06 bits per heavy atom. The monoisotopic (exact) mass is 252 g/mol. The molecule has 0 heterocycles. The second kappa shape index (κ2) is 8.77. The van der Waals surface area contributed by atoms with Gasteiger partial charge >= 0.3 is 0 Å². The maximum Gasteiger partial charge on any atom is -0.0263 e. The van der Waals surface area contributed by atoms with E-state index in [2.05, 4.69) is 54.2 Å². The lowest BCUT2D eigenvalue weighted by Gasteiger charge is -2.40. The van der Waals surface area contributed by atoms with E-state index in [1.807, 2.05) is 0 Å². The highest BCUT2D eigenvalue weighted by atomic mass is 14.4. The summed E-state index contributed by atoms with van der Waals surface area (Å²) >= 11 is 0. The van der Waals surface area contributed by atoms with Crippen molar-refractivity contribution in [1.29, 1.82) is 0 Å². The molecule has 0 aromatic rings. The molecule has 3 unspecified atom stereocenters. The molecule has 18 heavy (non-hydrogen) atoms. The average Bonchev–Trinajstić information content (AvgIpc) is 2.33. The minimum Gasteiger partial charge on any atom is -0.103 e. The second-order valence-corrected chi connectivity index (χ2v) is 6.84. The van der Waals surface area contributed by atoms with Gasteiger partial charge in [0, 0.05) is 0 Å². The van der Waals surface area contributed by atoms with E-state index in [0.717, 1.165) is 17.8 Å². The molecule has 3 atom stereocenters. The second-order valence-electron chi connectivity index (χ2n) is 6.84. The third-order valence-electron chi connectivity index (χ3n) is 4.80. The molecule has 0 aliphatic rings. The highest BCUT2D eigenvalue weighted by molar-refractivity contribution is 4.89. The molecule has 0 aromatic heterocycles. The highest BCUT2D eigenvalue weighted by Gasteiger charge is 2.34. The van der Waals surface area contributed by atoms with Gasteiger partial charge in [-0.15, -0.1) is 6.58 Å². The van der Waals surface area contributed by atoms with Crippen LogP contribution in [0.2, 0.25) is 0 Å². The van der Waals surface area contributed by atoms with Gasteiger partial charge in [-0.1, -0.05) is 73.3 Å². The molecule has 0 bridgehead atoms. The summed E-state index contributed by atoms with van der Waals surface area (Å²) in [5, 5.41) is 0. The largest absolute Gasteiger partial charge is 0.103 e. The third-order valence-corrected chi connectivity index (χ3v) is 4.80. The fourth-order valence-electron chi connectivity index (χ4n) is 3.32. The Morgan fingerprint density at radius 2 is 1.67 bits per heavy atom. The molecule has 0 amide bonds. The molecule has 0 N–H and O–H groups in total. The maximum absolute atomic E-state index is 3.97. The first-order valence-corrected chi connectivity index (χ1v) is 8.02. The van der Waals surface area contributed by atoms with Crippen LogP contribution < -0.4 is 0 Å². The van der Waals surface area contributed by atoms with E-state index in [0.29, 0.717) is 5.41 Å². The molecular formula is C18H36. The topological polar surface area (TPSA) is 0 Å². The fraction of sp³-hybridized carbons (Fsp3) is 0.889. The van der Waals surface area contributed by atoms with Crippen LogP contribution in [-0.2, 0) is 0 Å². The fourth-order valence-corrected chi connectivity index (χ4v) is 3.32. The van der Waals surface area contributed by atoms with Crippen LogP contribution in [0.1, 0.15) is 80.1 Å². The molecule has 0 saturated carbocycles. The van der Waals surface area contributed by atoms with Gasteiger partial charge in [-0.2, -0.15) is 0 Å². The highest BCUT2D eigenvalue weighted by Crippen LogP contribution is 2.43. The molecule has 0 saturated heterocycles. The Labute approximate surface area is 116 Å². The van der Waals surface area contributed by atoms with Crippen molar-refractivity contribution < 1.29 is 0 Å². The Bertz CT molecular complexity index is 216. The van der Waals surface area contributed by atoms with Crippen molar-refractivity contribution in [2.75, 3.05) is 0 Å². The minimum absolute atomic E-state index is 0.453. The summed E-state index contributed by atoms with van der Waals surface area (Å²) in [5.41, 5.74) is 0.453. The first-order valence-electron chi connectivity index (χ1n) is 8.02. The van der Waals surface area contributed by atoms with Crippen LogP contribution >= 0.6 is 0 Å². The van der Waals surface area contributed by atoms with Gasteiger partial charge in [-0.05, 0) is 36.0 Å². The van der Waals surface area contributed by atoms with Crippen molar-refractivity contribution in [3.8, 4) is 0 Å². The molecule has 0 aliphatic heterocycles. The molecule has 0 aliphatic carbocycles. The first-order chi connectivity index (χ1) is 8.41. The summed E-state index contributed by atoms with van der Waals surface area (Å²) in [7, 11) is 0. The summed E-state index contributed by atoms with van der Waals surface area (Å²) in [6, 6.07) is 0. The number of hydrogen-bond acceptors (Lipinski definition) is 0. The summed E-state index contributed by atoms with van der Waals surface area (Å²) in [6.45, 7) is 18.3. The standard InChI is InChI=1S/C18H36/c1-8-11-17(16(6)13-12-15(4)5)18(7,10-3)14-9-2/h9,15-17H,2,8,10-14H2,1,3-7H3. The maximum atomic E-state index is 3.97. The first kappa shape index (κ1) is 17.7. The molecule has 0 spiro atoms. The van der Waals surface area contributed by atoms with Crippen LogP contribution in [0.15, 0.2) is 12.7 Å². The normalized spacial score (nSPS) is 18.4. The Kier molecular flexibility index (Phi) is 8.65. The molecular weight excluding hydrogens is 216 g/mol. The van der Waals surface area contributed by atoms with E-state index in [-0.39, 0.29) is 0 Å². The number of hydrogen-bond donors (Lipinski definition) is 0. The minimum atomic E-state index is 0.453. The van der Waals surface area contributed by atoms with Gasteiger partial charge in [0.2, 0.25) is 0 Å². The average molecular weight is 252 g/mol. The zero-order valence-electron chi connectivity index (χ0n) is 13.8. The summed E-state index contributed by atoms with van der Waals surface area (Å²) in [4.78, 5) is 0. The van der Waals surface area contributed by atoms with E-state index >= 15 is 0 Å². The molecule has 0 nitrogen and oxygen atoms in total. The van der Waals surface area contributed by atoms with Crippen molar-refractivity contribution >= 4 is 0 Å².